The Morgan fingerprint density at radius 2 is 1.85 bits per heavy atom. The molecule has 0 fully saturated rings. The van der Waals surface area contributed by atoms with E-state index in [1.165, 1.54) is 0 Å². The van der Waals surface area contributed by atoms with Crippen molar-refractivity contribution in [1.29, 1.82) is 0 Å². The van der Waals surface area contributed by atoms with Gasteiger partial charge in [0.15, 0.2) is 5.37 Å². The SMILES string of the molecule is CC=[S+]c1ccc(C(=O)Nc2ccc(Cl)c(-c3ccccn3)c2)c(-c2cc(Cl)cc(OC)c2)c1. The van der Waals surface area contributed by atoms with E-state index in [2.05, 4.69) is 10.3 Å². The summed E-state index contributed by atoms with van der Waals surface area (Å²) in [5.74, 6) is 0.368. The number of nitrogens with zero attached hydrogens (tertiary/aromatic N) is 1. The number of halogens is 2. The smallest absolute Gasteiger partial charge is 0.256 e. The Morgan fingerprint density at radius 1 is 1.00 bits per heavy atom. The summed E-state index contributed by atoms with van der Waals surface area (Å²) in [7, 11) is 1.58. The number of amides is 1. The van der Waals surface area contributed by atoms with Crippen LogP contribution in [0, 0.1) is 0 Å². The van der Waals surface area contributed by atoms with Gasteiger partial charge in [-0.15, -0.1) is 0 Å². The van der Waals surface area contributed by atoms with E-state index in [0.717, 1.165) is 27.3 Å². The molecule has 0 unspecified atom stereocenters. The third-order valence-electron chi connectivity index (χ3n) is 5.07. The zero-order valence-corrected chi connectivity index (χ0v) is 20.8. The number of rotatable bonds is 6. The first-order valence-corrected chi connectivity index (χ1v) is 12.1. The maximum atomic E-state index is 13.4. The molecule has 0 aliphatic heterocycles. The Kier molecular flexibility index (Phi) is 7.58. The van der Waals surface area contributed by atoms with Crippen LogP contribution in [0.4, 0.5) is 5.69 Å². The first-order valence-electron chi connectivity index (χ1n) is 10.4. The van der Waals surface area contributed by atoms with Gasteiger partial charge in [-0.2, -0.15) is 0 Å². The lowest BCUT2D eigenvalue weighted by atomic mass is 9.98. The van der Waals surface area contributed by atoms with Crippen LogP contribution in [0.15, 0.2) is 83.9 Å². The van der Waals surface area contributed by atoms with Gasteiger partial charge in [-0.25, -0.2) is 0 Å². The average Bonchev–Trinajstić information content (AvgIpc) is 2.85. The van der Waals surface area contributed by atoms with Crippen molar-refractivity contribution in [3.05, 3.63) is 94.6 Å². The molecule has 1 amide bonds. The highest BCUT2D eigenvalue weighted by Crippen LogP contribution is 2.33. The summed E-state index contributed by atoms with van der Waals surface area (Å²) in [5.41, 5.74) is 4.14. The molecular weight excluding hydrogens is 487 g/mol. The molecule has 0 bridgehead atoms. The monoisotopic (exact) mass is 507 g/mol. The molecule has 3 aromatic carbocycles. The fourth-order valence-corrected chi connectivity index (χ4v) is 4.57. The summed E-state index contributed by atoms with van der Waals surface area (Å²) < 4.78 is 5.38. The first kappa shape index (κ1) is 23.9. The Hall–Kier alpha value is -3.25. The molecule has 34 heavy (non-hydrogen) atoms. The van der Waals surface area contributed by atoms with Gasteiger partial charge in [0.05, 0.1) is 17.8 Å². The number of carbonyl (C=O) groups excluding carboxylic acids is 1. The van der Waals surface area contributed by atoms with E-state index in [4.69, 9.17) is 27.9 Å². The van der Waals surface area contributed by atoms with Crippen molar-refractivity contribution in [2.45, 2.75) is 11.8 Å². The second kappa shape index (κ2) is 10.8. The van der Waals surface area contributed by atoms with Crippen molar-refractivity contribution in [3.8, 4) is 28.1 Å². The Morgan fingerprint density at radius 3 is 2.59 bits per heavy atom. The van der Waals surface area contributed by atoms with Crippen molar-refractivity contribution >= 4 is 51.5 Å². The molecule has 1 N–H and O–H groups in total. The third-order valence-corrected chi connectivity index (χ3v) is 6.38. The van der Waals surface area contributed by atoms with Gasteiger partial charge in [0.25, 0.3) is 5.91 Å². The molecule has 0 atom stereocenters. The lowest BCUT2D eigenvalue weighted by Crippen LogP contribution is -2.13. The van der Waals surface area contributed by atoms with Gasteiger partial charge < -0.3 is 10.1 Å². The predicted octanol–water partition coefficient (Wildman–Crippen LogP) is 7.25. The van der Waals surface area contributed by atoms with E-state index in [0.29, 0.717) is 27.0 Å². The lowest BCUT2D eigenvalue weighted by molar-refractivity contribution is 0.102. The quantitative estimate of drug-likeness (QED) is 0.221. The van der Waals surface area contributed by atoms with E-state index < -0.39 is 0 Å². The van der Waals surface area contributed by atoms with Crippen LogP contribution in [0.25, 0.3) is 22.4 Å². The maximum Gasteiger partial charge on any atom is 0.256 e. The van der Waals surface area contributed by atoms with E-state index in [1.807, 2.05) is 66.9 Å². The van der Waals surface area contributed by atoms with Crippen molar-refractivity contribution in [2.75, 3.05) is 12.4 Å². The van der Waals surface area contributed by atoms with Crippen LogP contribution in [0.5, 0.6) is 5.75 Å². The van der Waals surface area contributed by atoms with Crippen molar-refractivity contribution < 1.29 is 9.53 Å². The van der Waals surface area contributed by atoms with Crippen LogP contribution < -0.4 is 10.1 Å². The van der Waals surface area contributed by atoms with E-state index in [9.17, 15) is 4.79 Å². The zero-order chi connectivity index (χ0) is 24.1. The van der Waals surface area contributed by atoms with Gasteiger partial charge >= 0.3 is 0 Å². The fourth-order valence-electron chi connectivity index (χ4n) is 3.53. The van der Waals surface area contributed by atoms with Gasteiger partial charge in [0.1, 0.15) is 5.75 Å². The van der Waals surface area contributed by atoms with E-state index in [-0.39, 0.29) is 5.91 Å². The van der Waals surface area contributed by atoms with Crippen LogP contribution >= 0.6 is 23.2 Å². The number of nitrogens with one attached hydrogen (secondary N) is 1. The minimum absolute atomic E-state index is 0.250. The predicted molar refractivity (Wildman–Crippen MR) is 143 cm³/mol. The Bertz CT molecular complexity index is 1370. The zero-order valence-electron chi connectivity index (χ0n) is 18.5. The number of anilines is 1. The van der Waals surface area contributed by atoms with Crippen LogP contribution in [0.1, 0.15) is 17.3 Å². The maximum absolute atomic E-state index is 13.4. The molecule has 0 aliphatic carbocycles. The van der Waals surface area contributed by atoms with Gasteiger partial charge in [-0.1, -0.05) is 29.3 Å². The van der Waals surface area contributed by atoms with Crippen LogP contribution in [0.2, 0.25) is 10.0 Å². The molecule has 0 saturated heterocycles. The molecular formula is C27H21Cl2N2O2S+. The summed E-state index contributed by atoms with van der Waals surface area (Å²) >= 11 is 14.3. The van der Waals surface area contributed by atoms with Crippen molar-refractivity contribution in [2.24, 2.45) is 0 Å². The van der Waals surface area contributed by atoms with Gasteiger partial charge in [-0.05, 0) is 60.2 Å². The normalized spacial score (nSPS) is 10.9. The molecule has 1 aromatic heterocycles. The van der Waals surface area contributed by atoms with Gasteiger partial charge in [-0.3, -0.25) is 9.78 Å². The Balaban J connectivity index is 1.74. The number of carbonyl (C=O) groups is 1. The summed E-state index contributed by atoms with van der Waals surface area (Å²) in [4.78, 5) is 18.8. The topological polar surface area (TPSA) is 51.2 Å². The number of pyridine rings is 1. The van der Waals surface area contributed by atoms with Crippen LogP contribution in [0.3, 0.4) is 0 Å². The standard InChI is InChI=1S/C27H20Cl2N2O2S/c1-3-34-21-8-9-22(23(16-21)17-12-18(28)14-20(13-17)33-2)27(32)31-19-7-10-25(29)24(15-19)26-6-4-5-11-30-26/h3-16H,1-2H3/p+1. The summed E-state index contributed by atoms with van der Waals surface area (Å²) in [6, 6.07) is 22.1. The largest absolute Gasteiger partial charge is 0.497 e. The number of ether oxygens (including phenoxy) is 1. The van der Waals surface area contributed by atoms with Crippen molar-refractivity contribution in [3.63, 3.8) is 0 Å². The average molecular weight is 508 g/mol. The molecule has 4 rings (SSSR count). The highest BCUT2D eigenvalue weighted by Gasteiger charge is 2.18. The lowest BCUT2D eigenvalue weighted by Gasteiger charge is -2.13. The van der Waals surface area contributed by atoms with E-state index in [1.54, 1.807) is 42.9 Å². The minimum Gasteiger partial charge on any atom is -0.497 e. The number of hydrogen-bond acceptors (Lipinski definition) is 3. The highest BCUT2D eigenvalue weighted by molar-refractivity contribution is 7.77. The van der Waals surface area contributed by atoms with Crippen molar-refractivity contribution in [1.82, 2.24) is 4.98 Å². The second-order valence-corrected chi connectivity index (χ2v) is 9.33. The molecule has 0 saturated carbocycles. The molecule has 7 heteroatoms. The highest BCUT2D eigenvalue weighted by atomic mass is 35.5. The Labute approximate surface area is 212 Å². The molecule has 0 spiro atoms. The number of hydrogen-bond donors (Lipinski definition) is 1. The third kappa shape index (κ3) is 5.45. The second-order valence-electron chi connectivity index (χ2n) is 7.30. The molecule has 170 valence electrons. The first-order chi connectivity index (χ1) is 16.5. The van der Waals surface area contributed by atoms with Gasteiger partial charge in [0.2, 0.25) is 16.2 Å². The molecule has 0 aliphatic rings. The number of aromatic nitrogens is 1. The minimum atomic E-state index is -0.250. The summed E-state index contributed by atoms with van der Waals surface area (Å²) in [6.07, 6.45) is 1.70. The number of methoxy groups -OCH3 is 1. The van der Waals surface area contributed by atoms with Crippen LogP contribution in [-0.2, 0) is 11.4 Å². The van der Waals surface area contributed by atoms with Gasteiger partial charge in [0, 0.05) is 52.7 Å². The molecule has 0 radical (unpaired) electrons. The van der Waals surface area contributed by atoms with E-state index >= 15 is 0 Å². The fraction of sp³-hybridized carbons (Fsp3) is 0.0741. The molecule has 4 nitrogen and oxygen atoms in total. The van der Waals surface area contributed by atoms with Crippen LogP contribution in [-0.4, -0.2) is 23.4 Å². The molecule has 4 aromatic rings. The number of benzene rings is 3. The molecule has 1 heterocycles. The summed E-state index contributed by atoms with van der Waals surface area (Å²) in [6.45, 7) is 1.97. The summed E-state index contributed by atoms with van der Waals surface area (Å²) in [5, 5.41) is 6.07.